The number of nitrogens with one attached hydrogen (secondary N) is 1. The van der Waals surface area contributed by atoms with Crippen LogP contribution in [0, 0.1) is 5.41 Å². The van der Waals surface area contributed by atoms with Gasteiger partial charge in [0, 0.05) is 48.5 Å². The van der Waals surface area contributed by atoms with E-state index in [0.717, 1.165) is 12.8 Å². The second kappa shape index (κ2) is 7.29. The molecule has 144 valence electrons. The van der Waals surface area contributed by atoms with Crippen LogP contribution in [0.3, 0.4) is 0 Å². The summed E-state index contributed by atoms with van der Waals surface area (Å²) < 4.78 is 5.72. The smallest absolute Gasteiger partial charge is 0.252 e. The van der Waals surface area contributed by atoms with Crippen molar-refractivity contribution in [3.8, 4) is 0 Å². The molecule has 1 aromatic rings. The number of likely N-dealkylation sites (tertiary alicyclic amines) is 1. The van der Waals surface area contributed by atoms with Crippen molar-refractivity contribution in [2.75, 3.05) is 19.7 Å². The van der Waals surface area contributed by atoms with E-state index in [1.807, 2.05) is 42.5 Å². The van der Waals surface area contributed by atoms with Crippen molar-refractivity contribution in [3.63, 3.8) is 0 Å². The molecule has 0 radical (unpaired) electrons. The fourth-order valence-corrected chi connectivity index (χ4v) is 4.61. The van der Waals surface area contributed by atoms with Crippen LogP contribution in [0.1, 0.15) is 50.4 Å². The third kappa shape index (κ3) is 3.28. The molecule has 7 heteroatoms. The monoisotopic (exact) mass is 379 g/mol. The maximum Gasteiger partial charge on any atom is 0.252 e. The first kappa shape index (κ1) is 19.3. The number of carbonyl (C=O) groups excluding carboxylic acids is 2. The molecule has 2 unspecified atom stereocenters. The van der Waals surface area contributed by atoms with E-state index in [0.29, 0.717) is 31.7 Å². The molecule has 26 heavy (non-hydrogen) atoms. The lowest BCUT2D eigenvalue weighted by Crippen LogP contribution is -2.76. The van der Waals surface area contributed by atoms with E-state index in [2.05, 4.69) is 5.32 Å². The largest absolute Gasteiger partial charge is 0.378 e. The van der Waals surface area contributed by atoms with Gasteiger partial charge in [-0.05, 0) is 31.2 Å². The van der Waals surface area contributed by atoms with Gasteiger partial charge in [0.05, 0.1) is 6.10 Å². The minimum absolute atomic E-state index is 0.0149. The van der Waals surface area contributed by atoms with Gasteiger partial charge in [-0.1, -0.05) is 13.8 Å². The molecule has 2 atom stereocenters. The maximum absolute atomic E-state index is 13.0. The van der Waals surface area contributed by atoms with Gasteiger partial charge in [0.15, 0.2) is 0 Å². The quantitative estimate of drug-likeness (QED) is 0.819. The van der Waals surface area contributed by atoms with Gasteiger partial charge in [-0.25, -0.2) is 0 Å². The lowest BCUT2D eigenvalue weighted by atomic mass is 9.54. The van der Waals surface area contributed by atoms with E-state index >= 15 is 0 Å². The molecule has 0 bridgehead atoms. The Morgan fingerprint density at radius 1 is 1.38 bits per heavy atom. The van der Waals surface area contributed by atoms with Gasteiger partial charge < -0.3 is 20.7 Å². The van der Waals surface area contributed by atoms with E-state index < -0.39 is 5.54 Å². The highest BCUT2D eigenvalue weighted by Gasteiger charge is 2.63. The van der Waals surface area contributed by atoms with Crippen molar-refractivity contribution >= 4 is 23.2 Å². The predicted molar refractivity (Wildman–Crippen MR) is 102 cm³/mol. The molecule has 3 rings (SSSR count). The summed E-state index contributed by atoms with van der Waals surface area (Å²) in [6, 6.07) is 1.93. The van der Waals surface area contributed by atoms with Crippen LogP contribution in [0.5, 0.6) is 0 Å². The van der Waals surface area contributed by atoms with Crippen molar-refractivity contribution in [1.82, 2.24) is 10.2 Å². The Morgan fingerprint density at radius 2 is 2.08 bits per heavy atom. The lowest BCUT2D eigenvalue weighted by Gasteiger charge is -2.59. The van der Waals surface area contributed by atoms with E-state index in [1.165, 1.54) is 11.3 Å². The predicted octanol–water partition coefficient (Wildman–Crippen LogP) is 2.00. The van der Waals surface area contributed by atoms with E-state index in [4.69, 9.17) is 10.5 Å². The standard InChI is InChI=1S/C19H29N3O3S/c1-4-25-15-11-19(20,18(15,2)3)17(24)22-8-5-14(6-9-22)21-16(23)13-7-10-26-12-13/h7,10,12,14-15H,4-6,8-9,11,20H2,1-3H3,(H,21,23). The van der Waals surface area contributed by atoms with Gasteiger partial charge in [0.2, 0.25) is 5.91 Å². The Balaban J connectivity index is 1.53. The van der Waals surface area contributed by atoms with Crippen molar-refractivity contribution in [2.45, 2.75) is 57.7 Å². The Labute approximate surface area is 159 Å². The molecule has 1 saturated carbocycles. The zero-order valence-corrected chi connectivity index (χ0v) is 16.6. The number of piperidine rings is 1. The highest BCUT2D eigenvalue weighted by molar-refractivity contribution is 7.08. The highest BCUT2D eigenvalue weighted by atomic mass is 32.1. The average molecular weight is 380 g/mol. The van der Waals surface area contributed by atoms with Gasteiger partial charge >= 0.3 is 0 Å². The number of hydrogen-bond acceptors (Lipinski definition) is 5. The first-order valence-electron chi connectivity index (χ1n) is 9.32. The van der Waals surface area contributed by atoms with Crippen LogP contribution < -0.4 is 11.1 Å². The normalized spacial score (nSPS) is 28.5. The summed E-state index contributed by atoms with van der Waals surface area (Å²) >= 11 is 1.51. The van der Waals surface area contributed by atoms with E-state index in [1.54, 1.807) is 0 Å². The Kier molecular flexibility index (Phi) is 5.42. The second-order valence-electron chi connectivity index (χ2n) is 7.89. The molecule has 2 fully saturated rings. The van der Waals surface area contributed by atoms with E-state index in [-0.39, 0.29) is 29.4 Å². The van der Waals surface area contributed by atoms with Crippen molar-refractivity contribution in [1.29, 1.82) is 0 Å². The van der Waals surface area contributed by atoms with Crippen LogP contribution in [0.2, 0.25) is 0 Å². The zero-order chi connectivity index (χ0) is 18.9. The number of thiophene rings is 1. The van der Waals surface area contributed by atoms with Crippen LogP contribution in [0.4, 0.5) is 0 Å². The lowest BCUT2D eigenvalue weighted by molar-refractivity contribution is -0.180. The summed E-state index contributed by atoms with van der Waals surface area (Å²) in [5.74, 6) is -0.0212. The number of ether oxygens (including phenoxy) is 1. The summed E-state index contributed by atoms with van der Waals surface area (Å²) in [4.78, 5) is 27.1. The number of hydrogen-bond donors (Lipinski definition) is 2. The fourth-order valence-electron chi connectivity index (χ4n) is 3.97. The molecule has 2 aliphatic rings. The number of rotatable bonds is 5. The van der Waals surface area contributed by atoms with Crippen LogP contribution in [-0.4, -0.2) is 54.1 Å². The van der Waals surface area contributed by atoms with Crippen molar-refractivity contribution in [2.24, 2.45) is 11.1 Å². The summed E-state index contributed by atoms with van der Waals surface area (Å²) in [6.07, 6.45) is 2.12. The van der Waals surface area contributed by atoms with Crippen LogP contribution in [0.25, 0.3) is 0 Å². The molecular formula is C19H29N3O3S. The van der Waals surface area contributed by atoms with Gasteiger partial charge in [0.1, 0.15) is 5.54 Å². The topological polar surface area (TPSA) is 84.7 Å². The summed E-state index contributed by atoms with van der Waals surface area (Å²) in [6.45, 7) is 7.88. The molecule has 1 aliphatic carbocycles. The van der Waals surface area contributed by atoms with Crippen LogP contribution in [0.15, 0.2) is 16.8 Å². The molecule has 2 amide bonds. The highest BCUT2D eigenvalue weighted by Crippen LogP contribution is 2.50. The van der Waals surface area contributed by atoms with Crippen molar-refractivity contribution in [3.05, 3.63) is 22.4 Å². The molecule has 1 aliphatic heterocycles. The number of carbonyl (C=O) groups is 2. The third-order valence-electron chi connectivity index (χ3n) is 6.11. The van der Waals surface area contributed by atoms with Gasteiger partial charge in [0.25, 0.3) is 5.91 Å². The number of nitrogens with two attached hydrogens (primary N) is 1. The summed E-state index contributed by atoms with van der Waals surface area (Å²) in [5, 5.41) is 6.81. The average Bonchev–Trinajstić information content (AvgIpc) is 3.16. The molecule has 1 saturated heterocycles. The molecule has 2 heterocycles. The van der Waals surface area contributed by atoms with Crippen molar-refractivity contribution < 1.29 is 14.3 Å². The third-order valence-corrected chi connectivity index (χ3v) is 6.80. The molecule has 6 nitrogen and oxygen atoms in total. The molecular weight excluding hydrogens is 350 g/mol. The number of nitrogens with zero attached hydrogens (tertiary/aromatic N) is 1. The fraction of sp³-hybridized carbons (Fsp3) is 0.684. The molecule has 0 aromatic carbocycles. The van der Waals surface area contributed by atoms with Gasteiger partial charge in [-0.2, -0.15) is 11.3 Å². The van der Waals surface area contributed by atoms with Crippen LogP contribution >= 0.6 is 11.3 Å². The SMILES string of the molecule is CCOC1CC(N)(C(=O)N2CCC(NC(=O)c3ccsc3)CC2)C1(C)C. The first-order chi connectivity index (χ1) is 12.3. The Morgan fingerprint density at radius 3 is 2.62 bits per heavy atom. The molecule has 1 aromatic heterocycles. The minimum Gasteiger partial charge on any atom is -0.378 e. The Hall–Kier alpha value is -1.44. The summed E-state index contributed by atoms with van der Waals surface area (Å²) in [5.41, 5.74) is 5.98. The molecule has 0 spiro atoms. The number of amides is 2. The molecule has 3 N–H and O–H groups in total. The van der Waals surface area contributed by atoms with Crippen LogP contribution in [-0.2, 0) is 9.53 Å². The van der Waals surface area contributed by atoms with E-state index in [9.17, 15) is 9.59 Å². The van der Waals surface area contributed by atoms with Gasteiger partial charge in [-0.15, -0.1) is 0 Å². The maximum atomic E-state index is 13.0. The zero-order valence-electron chi connectivity index (χ0n) is 15.8. The first-order valence-corrected chi connectivity index (χ1v) is 10.3. The Bertz CT molecular complexity index is 653. The van der Waals surface area contributed by atoms with Gasteiger partial charge in [-0.3, -0.25) is 9.59 Å². The second-order valence-corrected chi connectivity index (χ2v) is 8.67. The summed E-state index contributed by atoms with van der Waals surface area (Å²) in [7, 11) is 0. The minimum atomic E-state index is -0.862.